The van der Waals surface area contributed by atoms with Crippen molar-refractivity contribution < 1.29 is 22.4 Å². The van der Waals surface area contributed by atoms with Crippen molar-refractivity contribution in [2.45, 2.75) is 52.6 Å². The van der Waals surface area contributed by atoms with Gasteiger partial charge in [-0.15, -0.1) is 0 Å². The number of benzene rings is 2. The predicted molar refractivity (Wildman–Crippen MR) is 132 cm³/mol. The van der Waals surface area contributed by atoms with Gasteiger partial charge in [-0.2, -0.15) is 0 Å². The average molecular weight is 492 g/mol. The van der Waals surface area contributed by atoms with Gasteiger partial charge in [-0.25, -0.2) is 12.8 Å². The first-order valence-electron chi connectivity index (χ1n) is 11.3. The lowest BCUT2D eigenvalue weighted by Gasteiger charge is -2.31. The summed E-state index contributed by atoms with van der Waals surface area (Å²) in [6.07, 6.45) is 1.90. The number of hydrogen-bond acceptors (Lipinski definition) is 4. The zero-order valence-electron chi connectivity index (χ0n) is 20.5. The number of hydrogen-bond donors (Lipinski definition) is 1. The molecule has 2 aromatic carbocycles. The van der Waals surface area contributed by atoms with Gasteiger partial charge in [0.05, 0.1) is 11.9 Å². The molecule has 1 N–H and O–H groups in total. The third-order valence-electron chi connectivity index (χ3n) is 5.90. The molecule has 34 heavy (non-hydrogen) atoms. The molecule has 2 rings (SSSR count). The molecule has 0 fully saturated rings. The lowest BCUT2D eigenvalue weighted by molar-refractivity contribution is -0.141. The molecule has 0 aliphatic heterocycles. The van der Waals surface area contributed by atoms with Crippen molar-refractivity contribution in [1.82, 2.24) is 10.2 Å². The highest BCUT2D eigenvalue weighted by Crippen LogP contribution is 2.25. The van der Waals surface area contributed by atoms with Crippen LogP contribution in [0, 0.1) is 19.7 Å². The number of aryl methyl sites for hydroxylation is 1. The molecule has 0 spiro atoms. The Hall–Kier alpha value is -2.94. The van der Waals surface area contributed by atoms with Crippen molar-refractivity contribution in [2.24, 2.45) is 0 Å². The summed E-state index contributed by atoms with van der Waals surface area (Å²) in [5.74, 6) is -0.937. The number of carbonyl (C=O) groups excluding carboxylic acids is 2. The van der Waals surface area contributed by atoms with Crippen molar-refractivity contribution in [2.75, 3.05) is 24.2 Å². The maximum absolute atomic E-state index is 13.3. The molecule has 0 heterocycles. The summed E-state index contributed by atoms with van der Waals surface area (Å²) in [6.45, 7) is 5.89. The average Bonchev–Trinajstić information content (AvgIpc) is 2.79. The van der Waals surface area contributed by atoms with Crippen LogP contribution < -0.4 is 9.62 Å². The van der Waals surface area contributed by atoms with Gasteiger partial charge in [0.25, 0.3) is 0 Å². The van der Waals surface area contributed by atoms with Crippen molar-refractivity contribution in [3.63, 3.8) is 0 Å². The van der Waals surface area contributed by atoms with E-state index in [0.717, 1.165) is 17.4 Å². The summed E-state index contributed by atoms with van der Waals surface area (Å²) in [5.41, 5.74) is 3.13. The molecular formula is C25H34FN3O4S. The molecular weight excluding hydrogens is 457 g/mol. The molecule has 0 radical (unpaired) electrons. The Kier molecular flexibility index (Phi) is 9.61. The quantitative estimate of drug-likeness (QED) is 0.521. The van der Waals surface area contributed by atoms with E-state index in [-0.39, 0.29) is 43.6 Å². The molecule has 9 heteroatoms. The van der Waals surface area contributed by atoms with E-state index < -0.39 is 16.1 Å². The third-order valence-corrected chi connectivity index (χ3v) is 7.08. The number of amides is 2. The van der Waals surface area contributed by atoms with Gasteiger partial charge in [0, 0.05) is 26.6 Å². The summed E-state index contributed by atoms with van der Waals surface area (Å²) in [5, 5.41) is 2.59. The molecule has 0 saturated heterocycles. The zero-order valence-corrected chi connectivity index (χ0v) is 21.3. The Morgan fingerprint density at radius 3 is 2.29 bits per heavy atom. The Morgan fingerprint density at radius 2 is 1.74 bits per heavy atom. The van der Waals surface area contributed by atoms with Crippen LogP contribution in [0.4, 0.5) is 10.1 Å². The number of halogens is 1. The first kappa shape index (κ1) is 27.3. The number of anilines is 1. The molecule has 186 valence electrons. The number of carbonyl (C=O) groups is 2. The smallest absolute Gasteiger partial charge is 0.242 e. The molecule has 0 aliphatic rings. The second-order valence-corrected chi connectivity index (χ2v) is 10.3. The standard InChI is InChI=1S/C25H34FN3O4S/c1-6-22(25(31)27-4)28(17-20-12-14-21(26)15-13-20)24(30)11-8-16-29(34(5,32)33)23-10-7-9-18(2)19(23)3/h7,9-10,12-15,22H,6,8,11,16-17H2,1-5H3,(H,27,31)/t22-/m0/s1. The second kappa shape index (κ2) is 12.0. The van der Waals surface area contributed by atoms with Gasteiger partial charge >= 0.3 is 0 Å². The van der Waals surface area contributed by atoms with Crippen molar-refractivity contribution >= 4 is 27.5 Å². The van der Waals surface area contributed by atoms with E-state index in [1.165, 1.54) is 28.4 Å². The molecule has 0 aliphatic carbocycles. The minimum Gasteiger partial charge on any atom is -0.357 e. The van der Waals surface area contributed by atoms with E-state index in [1.54, 1.807) is 24.3 Å². The molecule has 0 bridgehead atoms. The summed E-state index contributed by atoms with van der Waals surface area (Å²) in [4.78, 5) is 27.2. The summed E-state index contributed by atoms with van der Waals surface area (Å²) in [6, 6.07) is 10.6. The van der Waals surface area contributed by atoms with Crippen molar-refractivity contribution in [3.8, 4) is 0 Å². The lowest BCUT2D eigenvalue weighted by atomic mass is 10.1. The monoisotopic (exact) mass is 491 g/mol. The van der Waals surface area contributed by atoms with Gasteiger partial charge in [-0.05, 0) is 61.6 Å². The van der Waals surface area contributed by atoms with Crippen molar-refractivity contribution in [3.05, 3.63) is 65.0 Å². The molecule has 7 nitrogen and oxygen atoms in total. The fraction of sp³-hybridized carbons (Fsp3) is 0.440. The van der Waals surface area contributed by atoms with Gasteiger partial charge in [0.2, 0.25) is 21.8 Å². The maximum Gasteiger partial charge on any atom is 0.242 e. The second-order valence-electron chi connectivity index (χ2n) is 8.34. The molecule has 2 amide bonds. The molecule has 0 saturated carbocycles. The Balaban J connectivity index is 2.21. The van der Waals surface area contributed by atoms with Crippen molar-refractivity contribution in [1.29, 1.82) is 0 Å². The van der Waals surface area contributed by atoms with Crippen LogP contribution in [0.1, 0.15) is 42.9 Å². The van der Waals surface area contributed by atoms with Gasteiger partial charge in [0.1, 0.15) is 11.9 Å². The summed E-state index contributed by atoms with van der Waals surface area (Å²) in [7, 11) is -2.04. The Labute approximate surface area is 202 Å². The summed E-state index contributed by atoms with van der Waals surface area (Å²) < 4.78 is 39.7. The van der Waals surface area contributed by atoms with Gasteiger partial charge < -0.3 is 10.2 Å². The van der Waals surface area contributed by atoms with E-state index in [0.29, 0.717) is 17.7 Å². The summed E-state index contributed by atoms with van der Waals surface area (Å²) >= 11 is 0. The minimum atomic E-state index is -3.56. The first-order valence-corrected chi connectivity index (χ1v) is 13.1. The molecule has 1 atom stereocenters. The normalized spacial score (nSPS) is 12.2. The van der Waals surface area contributed by atoms with E-state index in [4.69, 9.17) is 0 Å². The Bertz CT molecular complexity index is 1100. The SMILES string of the molecule is CC[C@@H](C(=O)NC)N(Cc1ccc(F)cc1)C(=O)CCCN(c1cccc(C)c1C)S(C)(=O)=O. The van der Waals surface area contributed by atoms with Crippen LogP contribution in [0.3, 0.4) is 0 Å². The van der Waals surface area contributed by atoms with Crippen LogP contribution in [0.15, 0.2) is 42.5 Å². The number of rotatable bonds is 11. The van der Waals surface area contributed by atoms with Crippen LogP contribution in [0.25, 0.3) is 0 Å². The minimum absolute atomic E-state index is 0.0611. The van der Waals surface area contributed by atoms with Gasteiger partial charge in [0.15, 0.2) is 0 Å². The van der Waals surface area contributed by atoms with E-state index in [2.05, 4.69) is 5.32 Å². The fourth-order valence-electron chi connectivity index (χ4n) is 3.86. The molecule has 0 aromatic heterocycles. The van der Waals surface area contributed by atoms with Crippen LogP contribution in [-0.4, -0.2) is 51.0 Å². The fourth-order valence-corrected chi connectivity index (χ4v) is 4.88. The van der Waals surface area contributed by atoms with E-state index >= 15 is 0 Å². The zero-order chi connectivity index (χ0) is 25.5. The molecule has 0 unspecified atom stereocenters. The predicted octanol–water partition coefficient (Wildman–Crippen LogP) is 3.54. The third kappa shape index (κ3) is 7.03. The van der Waals surface area contributed by atoms with Crippen LogP contribution in [0.2, 0.25) is 0 Å². The van der Waals surface area contributed by atoms with Gasteiger partial charge in [-0.1, -0.05) is 31.2 Å². The van der Waals surface area contributed by atoms with E-state index in [1.807, 2.05) is 26.8 Å². The molecule has 2 aromatic rings. The highest BCUT2D eigenvalue weighted by atomic mass is 32.2. The largest absolute Gasteiger partial charge is 0.357 e. The number of likely N-dealkylation sites (N-methyl/N-ethyl adjacent to an activating group) is 1. The van der Waals surface area contributed by atoms with E-state index in [9.17, 15) is 22.4 Å². The Morgan fingerprint density at radius 1 is 1.09 bits per heavy atom. The first-order chi connectivity index (χ1) is 16.0. The van der Waals surface area contributed by atoms with Crippen LogP contribution in [-0.2, 0) is 26.2 Å². The van der Waals surface area contributed by atoms with Gasteiger partial charge in [-0.3, -0.25) is 13.9 Å². The van der Waals surface area contributed by atoms with Crippen LogP contribution in [0.5, 0.6) is 0 Å². The highest BCUT2D eigenvalue weighted by molar-refractivity contribution is 7.92. The number of sulfonamides is 1. The van der Waals surface area contributed by atoms with Crippen LogP contribution >= 0.6 is 0 Å². The number of nitrogens with zero attached hydrogens (tertiary/aromatic N) is 2. The number of nitrogens with one attached hydrogen (secondary N) is 1. The maximum atomic E-state index is 13.3. The highest BCUT2D eigenvalue weighted by Gasteiger charge is 2.28. The topological polar surface area (TPSA) is 86.8 Å². The lowest BCUT2D eigenvalue weighted by Crippen LogP contribution is -2.48.